The third-order valence-corrected chi connectivity index (χ3v) is 4.81. The van der Waals surface area contributed by atoms with Gasteiger partial charge >= 0.3 is 0 Å². The average molecular weight is 179 g/mol. The molecule has 0 spiro atoms. The molecule has 0 aromatic rings. The van der Waals surface area contributed by atoms with Crippen LogP contribution in [-0.2, 0) is 4.74 Å². The molecule has 2 nitrogen and oxygen atoms in total. The SMILES string of the molecule is CC12CCC(CC1)C2(C)COC#N. The van der Waals surface area contributed by atoms with Gasteiger partial charge in [-0.25, -0.2) is 0 Å². The van der Waals surface area contributed by atoms with E-state index in [2.05, 4.69) is 13.8 Å². The van der Waals surface area contributed by atoms with Crippen LogP contribution < -0.4 is 0 Å². The van der Waals surface area contributed by atoms with E-state index >= 15 is 0 Å². The summed E-state index contributed by atoms with van der Waals surface area (Å²) in [6.45, 7) is 5.29. The zero-order valence-electron chi connectivity index (χ0n) is 8.47. The van der Waals surface area contributed by atoms with Gasteiger partial charge in [-0.2, -0.15) is 5.26 Å². The maximum atomic E-state index is 8.45. The Morgan fingerprint density at radius 3 is 2.38 bits per heavy atom. The Hall–Kier alpha value is -0.710. The highest BCUT2D eigenvalue weighted by Crippen LogP contribution is 2.65. The van der Waals surface area contributed by atoms with Crippen molar-refractivity contribution in [2.24, 2.45) is 16.7 Å². The third kappa shape index (κ3) is 0.995. The standard InChI is InChI=1S/C11H17NO/c1-10-5-3-9(4-6-10)11(10,2)7-13-8-12/h9H,3-7H2,1-2H3. The number of hydrogen-bond acceptors (Lipinski definition) is 2. The highest BCUT2D eigenvalue weighted by molar-refractivity contribution is 5.08. The maximum Gasteiger partial charge on any atom is 0.286 e. The van der Waals surface area contributed by atoms with E-state index in [1.54, 1.807) is 6.26 Å². The Labute approximate surface area is 79.9 Å². The minimum Gasteiger partial charge on any atom is -0.427 e. The van der Waals surface area contributed by atoms with Crippen LogP contribution in [-0.4, -0.2) is 6.61 Å². The molecule has 2 aliphatic rings. The smallest absolute Gasteiger partial charge is 0.286 e. The van der Waals surface area contributed by atoms with Crippen LogP contribution in [0.15, 0.2) is 0 Å². The Kier molecular flexibility index (Phi) is 1.80. The highest BCUT2D eigenvalue weighted by Gasteiger charge is 2.59. The van der Waals surface area contributed by atoms with Gasteiger partial charge in [-0.3, -0.25) is 0 Å². The van der Waals surface area contributed by atoms with Gasteiger partial charge < -0.3 is 4.74 Å². The zero-order chi connectivity index (χ0) is 9.53. The Bertz CT molecular complexity index is 247. The Morgan fingerprint density at radius 2 is 2.00 bits per heavy atom. The molecule has 2 bridgehead atoms. The summed E-state index contributed by atoms with van der Waals surface area (Å²) >= 11 is 0. The molecular formula is C11H17NO. The van der Waals surface area contributed by atoms with Gasteiger partial charge in [-0.05, 0) is 37.0 Å². The lowest BCUT2D eigenvalue weighted by Gasteiger charge is -2.36. The van der Waals surface area contributed by atoms with Gasteiger partial charge in [0.2, 0.25) is 0 Å². The number of ether oxygens (including phenoxy) is 1. The first-order valence-corrected chi connectivity index (χ1v) is 5.13. The fourth-order valence-electron chi connectivity index (χ4n) is 3.43. The molecule has 0 amide bonds. The van der Waals surface area contributed by atoms with Crippen molar-refractivity contribution in [3.63, 3.8) is 0 Å². The largest absolute Gasteiger partial charge is 0.427 e. The van der Waals surface area contributed by atoms with E-state index in [1.165, 1.54) is 25.7 Å². The zero-order valence-corrected chi connectivity index (χ0v) is 8.47. The number of nitriles is 1. The molecule has 2 fully saturated rings. The van der Waals surface area contributed by atoms with E-state index in [1.807, 2.05) is 0 Å². The molecule has 0 radical (unpaired) electrons. The molecule has 72 valence electrons. The van der Waals surface area contributed by atoms with Gasteiger partial charge in [-0.1, -0.05) is 13.8 Å². The van der Waals surface area contributed by atoms with Gasteiger partial charge in [0.15, 0.2) is 0 Å². The maximum absolute atomic E-state index is 8.45. The molecule has 0 heterocycles. The van der Waals surface area contributed by atoms with Crippen LogP contribution >= 0.6 is 0 Å². The number of rotatable bonds is 2. The molecule has 0 aromatic carbocycles. The van der Waals surface area contributed by atoms with E-state index in [9.17, 15) is 0 Å². The second kappa shape index (κ2) is 2.64. The number of hydrogen-bond donors (Lipinski definition) is 0. The second-order valence-electron chi connectivity index (χ2n) is 5.13. The van der Waals surface area contributed by atoms with Crippen LogP contribution in [0.5, 0.6) is 0 Å². The predicted molar refractivity (Wildman–Crippen MR) is 49.7 cm³/mol. The summed E-state index contributed by atoms with van der Waals surface area (Å²) in [5.74, 6) is 0.797. The summed E-state index contributed by atoms with van der Waals surface area (Å²) in [5.41, 5.74) is 0.706. The van der Waals surface area contributed by atoms with E-state index in [4.69, 9.17) is 10.00 Å². The number of fused-ring (bicyclic) bond motifs is 2. The number of nitrogens with zero attached hydrogens (tertiary/aromatic N) is 1. The first-order valence-electron chi connectivity index (χ1n) is 5.13. The molecule has 2 heteroatoms. The second-order valence-corrected chi connectivity index (χ2v) is 5.13. The van der Waals surface area contributed by atoms with Crippen LogP contribution in [0.3, 0.4) is 0 Å². The molecule has 1 atom stereocenters. The first kappa shape index (κ1) is 8.87. The fraction of sp³-hybridized carbons (Fsp3) is 0.909. The van der Waals surface area contributed by atoms with E-state index < -0.39 is 0 Å². The molecule has 0 N–H and O–H groups in total. The minimum atomic E-state index is 0.267. The minimum absolute atomic E-state index is 0.267. The molecule has 2 rings (SSSR count). The van der Waals surface area contributed by atoms with Crippen LogP contribution in [0.4, 0.5) is 0 Å². The van der Waals surface area contributed by atoms with Gasteiger partial charge in [-0.15, -0.1) is 0 Å². The summed E-state index contributed by atoms with van der Waals surface area (Å²) < 4.78 is 4.97. The quantitative estimate of drug-likeness (QED) is 0.610. The summed E-state index contributed by atoms with van der Waals surface area (Å²) in [7, 11) is 0. The normalized spacial score (nSPS) is 47.6. The summed E-state index contributed by atoms with van der Waals surface area (Å²) in [6, 6.07) is 0. The van der Waals surface area contributed by atoms with Crippen molar-refractivity contribution >= 4 is 0 Å². The summed E-state index contributed by atoms with van der Waals surface area (Å²) in [5, 5.41) is 8.45. The molecular weight excluding hydrogens is 162 g/mol. The average Bonchev–Trinajstić information content (AvgIpc) is 2.50. The monoisotopic (exact) mass is 179 g/mol. The van der Waals surface area contributed by atoms with E-state index in [0.717, 1.165) is 5.92 Å². The third-order valence-electron chi connectivity index (χ3n) is 4.81. The van der Waals surface area contributed by atoms with Gasteiger partial charge in [0, 0.05) is 5.41 Å². The highest BCUT2D eigenvalue weighted by atomic mass is 16.5. The molecule has 0 aromatic heterocycles. The van der Waals surface area contributed by atoms with Crippen molar-refractivity contribution in [2.45, 2.75) is 39.5 Å². The summed E-state index contributed by atoms with van der Waals surface area (Å²) in [6.07, 6.45) is 7.12. The predicted octanol–water partition coefficient (Wildman–Crippen LogP) is 2.70. The lowest BCUT2D eigenvalue weighted by atomic mass is 9.70. The van der Waals surface area contributed by atoms with Crippen molar-refractivity contribution in [1.29, 1.82) is 5.26 Å². The van der Waals surface area contributed by atoms with Crippen LogP contribution in [0.1, 0.15) is 39.5 Å². The molecule has 0 saturated heterocycles. The van der Waals surface area contributed by atoms with Crippen molar-refractivity contribution in [1.82, 2.24) is 0 Å². The lowest BCUT2D eigenvalue weighted by molar-refractivity contribution is 0.0414. The summed E-state index contributed by atoms with van der Waals surface area (Å²) in [4.78, 5) is 0. The van der Waals surface area contributed by atoms with Crippen molar-refractivity contribution in [3.05, 3.63) is 0 Å². The molecule has 13 heavy (non-hydrogen) atoms. The molecule has 1 unspecified atom stereocenters. The van der Waals surface area contributed by atoms with Crippen molar-refractivity contribution < 1.29 is 4.74 Å². The Morgan fingerprint density at radius 1 is 1.38 bits per heavy atom. The molecule has 0 aliphatic heterocycles. The van der Waals surface area contributed by atoms with Gasteiger partial charge in [0.05, 0.1) is 0 Å². The lowest BCUT2D eigenvalue weighted by Crippen LogP contribution is -2.34. The fourth-order valence-corrected chi connectivity index (χ4v) is 3.43. The van der Waals surface area contributed by atoms with Crippen molar-refractivity contribution in [3.8, 4) is 6.26 Å². The molecule has 2 aliphatic carbocycles. The van der Waals surface area contributed by atoms with Crippen molar-refractivity contribution in [2.75, 3.05) is 6.61 Å². The molecule has 2 saturated carbocycles. The van der Waals surface area contributed by atoms with E-state index in [0.29, 0.717) is 12.0 Å². The van der Waals surface area contributed by atoms with Gasteiger partial charge in [0.25, 0.3) is 6.26 Å². The Balaban J connectivity index is 2.18. The van der Waals surface area contributed by atoms with Crippen LogP contribution in [0.2, 0.25) is 0 Å². The van der Waals surface area contributed by atoms with E-state index in [-0.39, 0.29) is 5.41 Å². The van der Waals surface area contributed by atoms with Crippen LogP contribution in [0, 0.1) is 28.3 Å². The van der Waals surface area contributed by atoms with Crippen LogP contribution in [0.25, 0.3) is 0 Å². The topological polar surface area (TPSA) is 33.0 Å². The van der Waals surface area contributed by atoms with Gasteiger partial charge in [0.1, 0.15) is 6.61 Å². The first-order chi connectivity index (χ1) is 6.12.